The molecule has 0 fully saturated rings. The molecule has 7 heteroatoms. The van der Waals surface area contributed by atoms with Gasteiger partial charge in [-0.15, -0.1) is 11.3 Å². The van der Waals surface area contributed by atoms with E-state index >= 15 is 0 Å². The van der Waals surface area contributed by atoms with Gasteiger partial charge in [0.15, 0.2) is 0 Å². The van der Waals surface area contributed by atoms with Gasteiger partial charge in [0.1, 0.15) is 0 Å². The molecule has 1 heterocycles. The van der Waals surface area contributed by atoms with Crippen LogP contribution in [-0.2, 0) is 6.18 Å². The molecule has 20 heavy (non-hydrogen) atoms. The molecule has 0 bridgehead atoms. The first-order valence-corrected chi connectivity index (χ1v) is 7.29. The van der Waals surface area contributed by atoms with Crippen molar-refractivity contribution in [3.05, 3.63) is 50.1 Å². The first kappa shape index (κ1) is 15.5. The number of alkyl halides is 3. The summed E-state index contributed by atoms with van der Waals surface area (Å²) in [5.41, 5.74) is -0.0808. The lowest BCUT2D eigenvalue weighted by molar-refractivity contribution is -0.137. The maximum absolute atomic E-state index is 13.0. The molecule has 0 spiro atoms. The Bertz CT molecular complexity index is 610. The van der Waals surface area contributed by atoms with Crippen molar-refractivity contribution in [3.8, 4) is 0 Å². The fourth-order valence-electron chi connectivity index (χ4n) is 1.76. The first-order chi connectivity index (χ1) is 9.29. The normalized spacial score (nSPS) is 13.3. The lowest BCUT2D eigenvalue weighted by atomic mass is 10.1. The fraction of sp³-hybridized carbons (Fsp3) is 0.231. The fourth-order valence-corrected chi connectivity index (χ4v) is 2.97. The van der Waals surface area contributed by atoms with Crippen LogP contribution >= 0.6 is 34.5 Å². The van der Waals surface area contributed by atoms with Crippen molar-refractivity contribution in [1.82, 2.24) is 0 Å². The van der Waals surface area contributed by atoms with Gasteiger partial charge in [0.05, 0.1) is 20.6 Å². The van der Waals surface area contributed by atoms with Crippen LogP contribution in [0, 0.1) is 0 Å². The largest absolute Gasteiger partial charge is 0.418 e. The number of anilines is 1. The molecule has 1 atom stereocenters. The first-order valence-electron chi connectivity index (χ1n) is 5.65. The summed E-state index contributed by atoms with van der Waals surface area (Å²) in [6.07, 6.45) is -4.46. The molecule has 108 valence electrons. The molecule has 1 nitrogen and oxygen atoms in total. The van der Waals surface area contributed by atoms with Crippen molar-refractivity contribution in [1.29, 1.82) is 0 Å². The number of hydrogen-bond acceptors (Lipinski definition) is 2. The Hall–Kier alpha value is -0.910. The van der Waals surface area contributed by atoms with Crippen LogP contribution in [0.1, 0.15) is 24.1 Å². The van der Waals surface area contributed by atoms with Crippen molar-refractivity contribution < 1.29 is 13.2 Å². The van der Waals surface area contributed by atoms with Gasteiger partial charge in [-0.1, -0.05) is 29.3 Å². The highest BCUT2D eigenvalue weighted by Crippen LogP contribution is 2.40. The van der Waals surface area contributed by atoms with Crippen molar-refractivity contribution in [2.24, 2.45) is 0 Å². The Morgan fingerprint density at radius 1 is 1.25 bits per heavy atom. The molecule has 0 radical (unpaired) electrons. The summed E-state index contributed by atoms with van der Waals surface area (Å²) in [6.45, 7) is 1.75. The quantitative estimate of drug-likeness (QED) is 0.697. The van der Waals surface area contributed by atoms with Gasteiger partial charge in [0.25, 0.3) is 0 Å². The Morgan fingerprint density at radius 3 is 2.50 bits per heavy atom. The number of para-hydroxylation sites is 1. The van der Waals surface area contributed by atoms with Gasteiger partial charge in [0.2, 0.25) is 0 Å². The van der Waals surface area contributed by atoms with Crippen LogP contribution in [0.3, 0.4) is 0 Å². The highest BCUT2D eigenvalue weighted by Gasteiger charge is 2.34. The van der Waals surface area contributed by atoms with Gasteiger partial charge < -0.3 is 5.32 Å². The highest BCUT2D eigenvalue weighted by molar-refractivity contribution is 7.14. The van der Waals surface area contributed by atoms with E-state index < -0.39 is 11.7 Å². The Morgan fingerprint density at radius 2 is 1.95 bits per heavy atom. The van der Waals surface area contributed by atoms with E-state index in [2.05, 4.69) is 5.32 Å². The van der Waals surface area contributed by atoms with Crippen LogP contribution in [0.5, 0.6) is 0 Å². The molecular weight excluding hydrogens is 330 g/mol. The average Bonchev–Trinajstić information content (AvgIpc) is 2.77. The minimum atomic E-state index is -4.46. The van der Waals surface area contributed by atoms with E-state index in [9.17, 15) is 13.2 Å². The molecule has 0 aliphatic heterocycles. The smallest absolute Gasteiger partial charge is 0.377 e. The summed E-state index contributed by atoms with van der Waals surface area (Å²) in [7, 11) is 0. The lowest BCUT2D eigenvalue weighted by Gasteiger charge is -2.20. The number of benzene rings is 1. The Balaban J connectivity index is 2.33. The van der Waals surface area contributed by atoms with E-state index in [0.717, 1.165) is 11.6 Å². The number of thiophene rings is 1. The third kappa shape index (κ3) is 3.40. The number of rotatable bonds is 3. The Labute approximate surface area is 128 Å². The van der Waals surface area contributed by atoms with Crippen LogP contribution in [0.4, 0.5) is 18.9 Å². The average molecular weight is 340 g/mol. The maximum atomic E-state index is 13.0. The van der Waals surface area contributed by atoms with Gasteiger partial charge in [0, 0.05) is 6.04 Å². The molecule has 1 aromatic carbocycles. The van der Waals surface area contributed by atoms with Gasteiger partial charge in [-0.05, 0) is 36.1 Å². The van der Waals surface area contributed by atoms with Crippen LogP contribution in [-0.4, -0.2) is 0 Å². The molecule has 1 N–H and O–H groups in total. The molecule has 1 aromatic heterocycles. The zero-order valence-electron chi connectivity index (χ0n) is 10.3. The lowest BCUT2D eigenvalue weighted by Crippen LogP contribution is -2.13. The minimum absolute atomic E-state index is 0.0352. The second-order valence-corrected chi connectivity index (χ2v) is 6.16. The molecule has 0 saturated carbocycles. The standard InChI is InChI=1S/C13H10Cl2F3NS/c1-7(8-5-11(15)20-6-8)19-12-9(13(16,17)18)3-2-4-10(12)14/h2-7,19H,1H3. The van der Waals surface area contributed by atoms with Crippen molar-refractivity contribution in [2.45, 2.75) is 19.1 Å². The molecule has 0 amide bonds. The monoisotopic (exact) mass is 339 g/mol. The van der Waals surface area contributed by atoms with Crippen LogP contribution in [0.15, 0.2) is 29.6 Å². The van der Waals surface area contributed by atoms with Gasteiger partial charge in [-0.3, -0.25) is 0 Å². The van der Waals surface area contributed by atoms with E-state index in [1.54, 1.807) is 18.4 Å². The predicted octanol–water partition coefficient (Wildman–Crippen LogP) is 6.25. The minimum Gasteiger partial charge on any atom is -0.377 e. The molecular formula is C13H10Cl2F3NS. The topological polar surface area (TPSA) is 12.0 Å². The molecule has 2 rings (SSSR count). The van der Waals surface area contributed by atoms with Gasteiger partial charge in [-0.25, -0.2) is 0 Å². The molecule has 0 saturated heterocycles. The van der Waals surface area contributed by atoms with E-state index in [-0.39, 0.29) is 16.8 Å². The van der Waals surface area contributed by atoms with Crippen molar-refractivity contribution >= 4 is 40.2 Å². The van der Waals surface area contributed by atoms with Crippen LogP contribution in [0.2, 0.25) is 9.36 Å². The van der Waals surface area contributed by atoms with Gasteiger partial charge in [-0.2, -0.15) is 13.2 Å². The molecule has 0 aliphatic rings. The zero-order chi connectivity index (χ0) is 14.9. The summed E-state index contributed by atoms with van der Waals surface area (Å²) < 4.78 is 39.5. The summed E-state index contributed by atoms with van der Waals surface area (Å²) in [4.78, 5) is 0. The second-order valence-electron chi connectivity index (χ2n) is 4.21. The third-order valence-electron chi connectivity index (χ3n) is 2.77. The molecule has 1 unspecified atom stereocenters. The second kappa shape index (κ2) is 5.84. The summed E-state index contributed by atoms with van der Waals surface area (Å²) in [5.74, 6) is 0. The number of halogens is 5. The third-order valence-corrected chi connectivity index (χ3v) is 4.19. The predicted molar refractivity (Wildman–Crippen MR) is 77.8 cm³/mol. The van der Waals surface area contributed by atoms with Crippen LogP contribution < -0.4 is 5.32 Å². The van der Waals surface area contributed by atoms with E-state index in [4.69, 9.17) is 23.2 Å². The molecule has 2 aromatic rings. The zero-order valence-corrected chi connectivity index (χ0v) is 12.6. The summed E-state index contributed by atoms with van der Waals surface area (Å²) in [5, 5.41) is 4.64. The molecule has 0 aliphatic carbocycles. The van der Waals surface area contributed by atoms with E-state index in [1.165, 1.54) is 23.5 Å². The highest BCUT2D eigenvalue weighted by atomic mass is 35.5. The van der Waals surface area contributed by atoms with E-state index in [1.807, 2.05) is 0 Å². The Kier molecular flexibility index (Phi) is 4.52. The number of hydrogen-bond donors (Lipinski definition) is 1. The maximum Gasteiger partial charge on any atom is 0.418 e. The van der Waals surface area contributed by atoms with E-state index in [0.29, 0.717) is 4.34 Å². The SMILES string of the molecule is CC(Nc1c(Cl)cccc1C(F)(F)F)c1csc(Cl)c1. The summed E-state index contributed by atoms with van der Waals surface area (Å²) in [6, 6.07) is 5.09. The van der Waals surface area contributed by atoms with Gasteiger partial charge >= 0.3 is 6.18 Å². The number of nitrogens with one attached hydrogen (secondary N) is 1. The van der Waals surface area contributed by atoms with Crippen LogP contribution in [0.25, 0.3) is 0 Å². The van der Waals surface area contributed by atoms with Crippen molar-refractivity contribution in [3.63, 3.8) is 0 Å². The summed E-state index contributed by atoms with van der Waals surface area (Å²) >= 11 is 13.0. The van der Waals surface area contributed by atoms with Crippen molar-refractivity contribution in [2.75, 3.05) is 5.32 Å².